The number of piperidine rings is 1. The summed E-state index contributed by atoms with van der Waals surface area (Å²) in [7, 11) is 0. The van der Waals surface area contributed by atoms with Gasteiger partial charge in [-0.2, -0.15) is 0 Å². The average Bonchev–Trinajstić information content (AvgIpc) is 2.93. The van der Waals surface area contributed by atoms with Gasteiger partial charge in [-0.25, -0.2) is 0 Å². The molecule has 1 aliphatic rings. The molecule has 0 radical (unpaired) electrons. The highest BCUT2D eigenvalue weighted by atomic mass is 79.9. The number of benzene rings is 1. The number of likely N-dealkylation sites (tertiary alicyclic amines) is 1. The average molecular weight is 379 g/mol. The fraction of sp³-hybridized carbons (Fsp3) is 0.500. The van der Waals surface area contributed by atoms with Gasteiger partial charge in [-0.1, -0.05) is 35.5 Å². The van der Waals surface area contributed by atoms with Crippen molar-refractivity contribution in [2.45, 2.75) is 44.2 Å². The van der Waals surface area contributed by atoms with Gasteiger partial charge in [0.05, 0.1) is 5.60 Å². The van der Waals surface area contributed by atoms with Crippen LogP contribution in [0.1, 0.15) is 31.1 Å². The quantitative estimate of drug-likeness (QED) is 0.865. The van der Waals surface area contributed by atoms with Crippen LogP contribution in [-0.4, -0.2) is 39.9 Å². The van der Waals surface area contributed by atoms with Gasteiger partial charge in [-0.3, -0.25) is 4.90 Å². The highest BCUT2D eigenvalue weighted by Crippen LogP contribution is 2.28. The lowest BCUT2D eigenvalue weighted by Gasteiger charge is -2.40. The largest absolute Gasteiger partial charge is 0.389 e. The molecule has 0 aliphatic carbocycles. The summed E-state index contributed by atoms with van der Waals surface area (Å²) in [6, 6.07) is 12.6. The van der Waals surface area contributed by atoms with Crippen LogP contribution in [0.25, 0.3) is 0 Å². The molecule has 124 valence electrons. The van der Waals surface area contributed by atoms with Crippen molar-refractivity contribution in [3.63, 3.8) is 0 Å². The molecule has 5 heteroatoms. The molecule has 0 spiro atoms. The van der Waals surface area contributed by atoms with Crippen molar-refractivity contribution in [2.24, 2.45) is 0 Å². The number of hydrogen-bond donors (Lipinski definition) is 1. The Kier molecular flexibility index (Phi) is 5.19. The first-order chi connectivity index (χ1) is 11.0. The summed E-state index contributed by atoms with van der Waals surface area (Å²) in [5.74, 6) is 0.898. The molecule has 4 nitrogen and oxygen atoms in total. The van der Waals surface area contributed by atoms with Crippen LogP contribution in [-0.2, 0) is 12.8 Å². The van der Waals surface area contributed by atoms with Gasteiger partial charge in [0, 0.05) is 38.0 Å². The first kappa shape index (κ1) is 16.7. The lowest BCUT2D eigenvalue weighted by Crippen LogP contribution is -2.49. The van der Waals surface area contributed by atoms with E-state index in [0.717, 1.165) is 49.1 Å². The van der Waals surface area contributed by atoms with E-state index in [0.29, 0.717) is 6.04 Å². The molecule has 1 aliphatic heterocycles. The van der Waals surface area contributed by atoms with Gasteiger partial charge >= 0.3 is 0 Å². The maximum absolute atomic E-state index is 10.9. The topological polar surface area (TPSA) is 49.5 Å². The van der Waals surface area contributed by atoms with E-state index in [9.17, 15) is 5.11 Å². The van der Waals surface area contributed by atoms with E-state index in [4.69, 9.17) is 4.52 Å². The zero-order chi connectivity index (χ0) is 16.3. The molecule has 1 saturated heterocycles. The Hall–Kier alpha value is -1.17. The van der Waals surface area contributed by atoms with Crippen LogP contribution in [0.2, 0.25) is 0 Å². The smallest absolute Gasteiger partial charge is 0.149 e. The number of halogens is 1. The van der Waals surface area contributed by atoms with Crippen LogP contribution in [0, 0.1) is 0 Å². The van der Waals surface area contributed by atoms with Crippen LogP contribution in [0.3, 0.4) is 0 Å². The minimum Gasteiger partial charge on any atom is -0.389 e. The lowest BCUT2D eigenvalue weighted by molar-refractivity contribution is -0.0291. The summed E-state index contributed by atoms with van der Waals surface area (Å²) in [5, 5.41) is 14.7. The van der Waals surface area contributed by atoms with Gasteiger partial charge in [0.15, 0.2) is 0 Å². The van der Waals surface area contributed by atoms with Gasteiger partial charge < -0.3 is 9.63 Å². The summed E-state index contributed by atoms with van der Waals surface area (Å²) < 4.78 is 6.02. The lowest BCUT2D eigenvalue weighted by atomic mass is 9.85. The third-order valence-corrected chi connectivity index (χ3v) is 5.13. The third-order valence-electron chi connectivity index (χ3n) is 4.75. The van der Waals surface area contributed by atoms with E-state index >= 15 is 0 Å². The molecule has 0 bridgehead atoms. The number of aliphatic hydroxyl groups is 1. The van der Waals surface area contributed by atoms with Crippen LogP contribution in [0.15, 0.2) is 45.5 Å². The molecule has 1 atom stereocenters. The summed E-state index contributed by atoms with van der Waals surface area (Å²) >= 11 is 3.31. The zero-order valence-corrected chi connectivity index (χ0v) is 15.0. The predicted octanol–water partition coefficient (Wildman–Crippen LogP) is 3.44. The number of nitrogens with zero attached hydrogens (tertiary/aromatic N) is 2. The highest BCUT2D eigenvalue weighted by molar-refractivity contribution is 9.10. The third kappa shape index (κ3) is 4.43. The molecule has 1 unspecified atom stereocenters. The maximum Gasteiger partial charge on any atom is 0.149 e. The number of rotatable bonds is 5. The molecule has 0 amide bonds. The van der Waals surface area contributed by atoms with Crippen LogP contribution in [0.4, 0.5) is 0 Å². The number of aromatic nitrogens is 1. The summed E-state index contributed by atoms with van der Waals surface area (Å²) in [5.41, 5.74) is 0.635. The molecule has 2 heterocycles. The molecule has 2 aromatic rings. The van der Waals surface area contributed by atoms with E-state index < -0.39 is 5.60 Å². The molecule has 1 aromatic heterocycles. The van der Waals surface area contributed by atoms with Crippen molar-refractivity contribution in [3.05, 3.63) is 52.3 Å². The maximum atomic E-state index is 10.9. The van der Waals surface area contributed by atoms with Crippen LogP contribution < -0.4 is 0 Å². The Balaban J connectivity index is 1.53. The second kappa shape index (κ2) is 7.16. The zero-order valence-electron chi connectivity index (χ0n) is 13.4. The Morgan fingerprint density at radius 1 is 1.30 bits per heavy atom. The monoisotopic (exact) mass is 378 g/mol. The Labute approximate surface area is 145 Å². The molecule has 3 rings (SSSR count). The SMILES string of the molecule is CC(Cc1cc(Br)no1)N1CCC(O)(Cc2ccccc2)CC1. The van der Waals surface area contributed by atoms with E-state index in [2.05, 4.69) is 45.0 Å². The fourth-order valence-electron chi connectivity index (χ4n) is 3.34. The predicted molar refractivity (Wildman–Crippen MR) is 93.3 cm³/mol. The number of hydrogen-bond acceptors (Lipinski definition) is 4. The van der Waals surface area contributed by atoms with Gasteiger partial charge in [-0.15, -0.1) is 0 Å². The van der Waals surface area contributed by atoms with E-state index in [1.54, 1.807) is 0 Å². The van der Waals surface area contributed by atoms with Crippen molar-refractivity contribution >= 4 is 15.9 Å². The minimum atomic E-state index is -0.577. The molecular weight excluding hydrogens is 356 g/mol. The molecule has 1 fully saturated rings. The van der Waals surface area contributed by atoms with Gasteiger partial charge in [0.1, 0.15) is 10.4 Å². The molecule has 1 N–H and O–H groups in total. The summed E-state index contributed by atoms with van der Waals surface area (Å²) in [6.45, 7) is 4.04. The van der Waals surface area contributed by atoms with Gasteiger partial charge in [-0.05, 0) is 41.3 Å². The second-order valence-electron chi connectivity index (χ2n) is 6.59. The van der Waals surface area contributed by atoms with E-state index in [-0.39, 0.29) is 0 Å². The highest BCUT2D eigenvalue weighted by Gasteiger charge is 2.33. The normalized spacial score (nSPS) is 19.6. The van der Waals surface area contributed by atoms with Crippen molar-refractivity contribution in [1.82, 2.24) is 10.1 Å². The molecular formula is C18H23BrN2O2. The van der Waals surface area contributed by atoms with Gasteiger partial charge in [0.25, 0.3) is 0 Å². The Bertz CT molecular complexity index is 621. The summed E-state index contributed by atoms with van der Waals surface area (Å²) in [4.78, 5) is 2.43. The fourth-order valence-corrected chi connectivity index (χ4v) is 3.67. The van der Waals surface area contributed by atoms with Crippen LogP contribution in [0.5, 0.6) is 0 Å². The van der Waals surface area contributed by atoms with Crippen LogP contribution >= 0.6 is 15.9 Å². The molecule has 1 aromatic carbocycles. The molecule has 0 saturated carbocycles. The molecule has 23 heavy (non-hydrogen) atoms. The standard InChI is InChI=1S/C18H23BrN2O2/c1-14(11-16-12-17(19)20-23-16)21-9-7-18(22,8-10-21)13-15-5-3-2-4-6-15/h2-6,12,14,22H,7-11,13H2,1H3. The van der Waals surface area contributed by atoms with Crippen molar-refractivity contribution in [3.8, 4) is 0 Å². The van der Waals surface area contributed by atoms with Crippen molar-refractivity contribution in [1.29, 1.82) is 0 Å². The van der Waals surface area contributed by atoms with E-state index in [1.165, 1.54) is 5.56 Å². The van der Waals surface area contributed by atoms with Crippen molar-refractivity contribution in [2.75, 3.05) is 13.1 Å². The minimum absolute atomic E-state index is 0.385. The van der Waals surface area contributed by atoms with Gasteiger partial charge in [0.2, 0.25) is 0 Å². The van der Waals surface area contributed by atoms with E-state index in [1.807, 2.05) is 24.3 Å². The second-order valence-corrected chi connectivity index (χ2v) is 7.40. The summed E-state index contributed by atoms with van der Waals surface area (Å²) in [6.07, 6.45) is 3.21. The van der Waals surface area contributed by atoms with Crippen molar-refractivity contribution < 1.29 is 9.63 Å². The first-order valence-electron chi connectivity index (χ1n) is 8.15. The Morgan fingerprint density at radius 3 is 2.61 bits per heavy atom. The first-order valence-corrected chi connectivity index (χ1v) is 8.95. The Morgan fingerprint density at radius 2 is 2.00 bits per heavy atom.